The van der Waals surface area contributed by atoms with Crippen LogP contribution in [-0.2, 0) is 11.3 Å². The molecule has 2 aromatic heterocycles. The number of aliphatic carboxylic acids is 1. The van der Waals surface area contributed by atoms with Gasteiger partial charge >= 0.3 is 11.9 Å². The van der Waals surface area contributed by atoms with Crippen LogP contribution >= 0.6 is 0 Å². The second-order valence-electron chi connectivity index (χ2n) is 3.94. The lowest BCUT2D eigenvalue weighted by Gasteiger charge is -2.11. The van der Waals surface area contributed by atoms with E-state index in [9.17, 15) is 14.4 Å². The molecule has 20 heavy (non-hydrogen) atoms. The first-order chi connectivity index (χ1) is 9.50. The molecule has 2 heterocycles. The zero-order valence-corrected chi connectivity index (χ0v) is 10.2. The smallest absolute Gasteiger partial charge is 0.341 e. The molecule has 102 valence electrons. The van der Waals surface area contributed by atoms with E-state index < -0.39 is 29.6 Å². The van der Waals surface area contributed by atoms with E-state index in [0.29, 0.717) is 5.69 Å². The van der Waals surface area contributed by atoms with E-state index in [1.54, 1.807) is 18.2 Å². The van der Waals surface area contributed by atoms with Gasteiger partial charge in [0.15, 0.2) is 0 Å². The van der Waals surface area contributed by atoms with E-state index in [0.717, 1.165) is 10.6 Å². The molecular weight excluding hydrogens is 264 g/mol. The van der Waals surface area contributed by atoms with Gasteiger partial charge in [-0.15, -0.1) is 0 Å². The van der Waals surface area contributed by atoms with Crippen molar-refractivity contribution in [2.75, 3.05) is 0 Å². The molecule has 0 bridgehead atoms. The van der Waals surface area contributed by atoms with Crippen LogP contribution in [-0.4, -0.2) is 31.7 Å². The zero-order chi connectivity index (χ0) is 14.7. The SMILES string of the molecule is O=C(O)Cn1c(-c2ccccn2)ccc(C(=O)O)c1=O. The van der Waals surface area contributed by atoms with E-state index in [1.165, 1.54) is 12.3 Å². The Balaban J connectivity index is 2.69. The minimum atomic E-state index is -1.40. The molecule has 0 amide bonds. The molecule has 0 saturated heterocycles. The predicted molar refractivity (Wildman–Crippen MR) is 68.5 cm³/mol. The number of rotatable bonds is 4. The van der Waals surface area contributed by atoms with Gasteiger partial charge in [0.1, 0.15) is 12.1 Å². The van der Waals surface area contributed by atoms with Gasteiger partial charge in [-0.2, -0.15) is 0 Å². The Morgan fingerprint density at radius 3 is 2.45 bits per heavy atom. The molecule has 2 rings (SSSR count). The van der Waals surface area contributed by atoms with Gasteiger partial charge in [0.2, 0.25) is 0 Å². The Morgan fingerprint density at radius 2 is 1.90 bits per heavy atom. The summed E-state index contributed by atoms with van der Waals surface area (Å²) in [5, 5.41) is 17.8. The Labute approximate surface area is 112 Å². The third kappa shape index (κ3) is 2.56. The Kier molecular flexibility index (Phi) is 3.60. The van der Waals surface area contributed by atoms with Crippen molar-refractivity contribution in [1.82, 2.24) is 9.55 Å². The van der Waals surface area contributed by atoms with E-state index >= 15 is 0 Å². The highest BCUT2D eigenvalue weighted by molar-refractivity contribution is 5.87. The van der Waals surface area contributed by atoms with Crippen LogP contribution in [0.5, 0.6) is 0 Å². The molecule has 7 nitrogen and oxygen atoms in total. The van der Waals surface area contributed by atoms with Crippen LogP contribution in [0, 0.1) is 0 Å². The summed E-state index contributed by atoms with van der Waals surface area (Å²) >= 11 is 0. The van der Waals surface area contributed by atoms with E-state index in [4.69, 9.17) is 10.2 Å². The summed E-state index contributed by atoms with van der Waals surface area (Å²) in [7, 11) is 0. The number of hydrogen-bond acceptors (Lipinski definition) is 4. The van der Waals surface area contributed by atoms with Gasteiger partial charge in [0.05, 0.1) is 11.4 Å². The van der Waals surface area contributed by atoms with Gasteiger partial charge in [0.25, 0.3) is 5.56 Å². The molecular formula is C13H10N2O5. The minimum absolute atomic E-state index is 0.253. The molecule has 0 fully saturated rings. The standard InChI is InChI=1S/C13H10N2O5/c16-11(17)7-15-10(9-3-1-2-6-14-9)5-4-8(12(15)18)13(19)20/h1-6H,7H2,(H,16,17)(H,19,20). The Bertz CT molecular complexity index is 721. The van der Waals surface area contributed by atoms with Crippen LogP contribution in [0.4, 0.5) is 0 Å². The monoisotopic (exact) mass is 274 g/mol. The van der Waals surface area contributed by atoms with Gasteiger partial charge in [-0.3, -0.25) is 19.1 Å². The number of carboxylic acid groups (broad SMARTS) is 2. The summed E-state index contributed by atoms with van der Waals surface area (Å²) in [6.07, 6.45) is 1.50. The highest BCUT2D eigenvalue weighted by Gasteiger charge is 2.17. The maximum Gasteiger partial charge on any atom is 0.341 e. The average Bonchev–Trinajstić information content (AvgIpc) is 2.41. The fourth-order valence-electron chi connectivity index (χ4n) is 1.77. The number of nitrogens with zero attached hydrogens (tertiary/aromatic N) is 2. The first-order valence-corrected chi connectivity index (χ1v) is 5.61. The maximum absolute atomic E-state index is 12.0. The number of pyridine rings is 2. The molecule has 0 aliphatic carbocycles. The lowest BCUT2D eigenvalue weighted by atomic mass is 10.2. The van der Waals surface area contributed by atoms with Gasteiger partial charge in [-0.25, -0.2) is 4.79 Å². The number of hydrogen-bond donors (Lipinski definition) is 2. The third-order valence-electron chi connectivity index (χ3n) is 2.63. The number of aromatic carboxylic acids is 1. The van der Waals surface area contributed by atoms with Gasteiger partial charge in [-0.1, -0.05) is 6.07 Å². The largest absolute Gasteiger partial charge is 0.480 e. The molecule has 0 saturated carbocycles. The molecule has 0 atom stereocenters. The lowest BCUT2D eigenvalue weighted by molar-refractivity contribution is -0.137. The van der Waals surface area contributed by atoms with E-state index in [-0.39, 0.29) is 5.69 Å². The van der Waals surface area contributed by atoms with Gasteiger partial charge in [0, 0.05) is 6.20 Å². The van der Waals surface area contributed by atoms with Crippen molar-refractivity contribution in [3.05, 3.63) is 52.4 Å². The summed E-state index contributed by atoms with van der Waals surface area (Å²) in [6.45, 7) is -0.633. The summed E-state index contributed by atoms with van der Waals surface area (Å²) in [6, 6.07) is 7.48. The Hall–Kier alpha value is -2.96. The zero-order valence-electron chi connectivity index (χ0n) is 10.2. The maximum atomic E-state index is 12.0. The van der Waals surface area contributed by atoms with Crippen LogP contribution < -0.4 is 5.56 Å². The second kappa shape index (κ2) is 5.35. The minimum Gasteiger partial charge on any atom is -0.480 e. The normalized spacial score (nSPS) is 10.2. The first-order valence-electron chi connectivity index (χ1n) is 5.61. The van der Waals surface area contributed by atoms with Crippen LogP contribution in [0.2, 0.25) is 0 Å². The topological polar surface area (TPSA) is 109 Å². The molecule has 0 aromatic carbocycles. The molecule has 2 aromatic rings. The van der Waals surface area contributed by atoms with E-state index in [1.807, 2.05) is 0 Å². The molecule has 0 spiro atoms. The predicted octanol–water partition coefficient (Wildman–Crippen LogP) is 0.693. The van der Waals surface area contributed by atoms with Crippen molar-refractivity contribution in [2.24, 2.45) is 0 Å². The van der Waals surface area contributed by atoms with E-state index in [2.05, 4.69) is 4.98 Å². The van der Waals surface area contributed by atoms with Crippen LogP contribution in [0.15, 0.2) is 41.3 Å². The fraction of sp³-hybridized carbons (Fsp3) is 0.0769. The van der Waals surface area contributed by atoms with Crippen molar-refractivity contribution in [3.8, 4) is 11.4 Å². The summed E-state index contributed by atoms with van der Waals surface area (Å²) in [4.78, 5) is 37.9. The van der Waals surface area contributed by atoms with Crippen LogP contribution in [0.1, 0.15) is 10.4 Å². The third-order valence-corrected chi connectivity index (χ3v) is 2.63. The molecule has 0 unspecified atom stereocenters. The van der Waals surface area contributed by atoms with Crippen molar-refractivity contribution in [2.45, 2.75) is 6.54 Å². The van der Waals surface area contributed by atoms with Crippen LogP contribution in [0.3, 0.4) is 0 Å². The highest BCUT2D eigenvalue weighted by atomic mass is 16.4. The molecule has 0 aliphatic heterocycles. The van der Waals surface area contributed by atoms with Crippen molar-refractivity contribution in [1.29, 1.82) is 0 Å². The molecule has 2 N–H and O–H groups in total. The lowest BCUT2D eigenvalue weighted by Crippen LogP contribution is -2.30. The fourth-order valence-corrected chi connectivity index (χ4v) is 1.77. The summed E-state index contributed by atoms with van der Waals surface area (Å²) in [5.41, 5.74) is -0.709. The van der Waals surface area contributed by atoms with Gasteiger partial charge in [-0.05, 0) is 24.3 Å². The van der Waals surface area contributed by atoms with Crippen LogP contribution in [0.25, 0.3) is 11.4 Å². The number of carbonyl (C=O) groups is 2. The summed E-state index contributed by atoms with van der Waals surface area (Å²) in [5.74, 6) is -2.64. The molecule has 0 radical (unpaired) electrons. The number of carboxylic acids is 2. The van der Waals surface area contributed by atoms with Crippen molar-refractivity contribution < 1.29 is 19.8 Å². The molecule has 0 aliphatic rings. The Morgan fingerprint density at radius 1 is 1.15 bits per heavy atom. The highest BCUT2D eigenvalue weighted by Crippen LogP contribution is 2.15. The summed E-state index contributed by atoms with van der Waals surface area (Å²) < 4.78 is 0.883. The van der Waals surface area contributed by atoms with Crippen molar-refractivity contribution >= 4 is 11.9 Å². The first kappa shape index (κ1) is 13.5. The average molecular weight is 274 g/mol. The van der Waals surface area contributed by atoms with Crippen molar-refractivity contribution in [3.63, 3.8) is 0 Å². The van der Waals surface area contributed by atoms with Gasteiger partial charge < -0.3 is 10.2 Å². The second-order valence-corrected chi connectivity index (χ2v) is 3.94. The quantitative estimate of drug-likeness (QED) is 0.849. The molecule has 7 heteroatoms. The number of aromatic nitrogens is 2.